The van der Waals surface area contributed by atoms with E-state index in [1.165, 1.54) is 5.56 Å². The van der Waals surface area contributed by atoms with Gasteiger partial charge in [0.15, 0.2) is 0 Å². The molecule has 3 heteroatoms. The molecule has 0 aromatic heterocycles. The van der Waals surface area contributed by atoms with Crippen molar-refractivity contribution >= 4 is 5.71 Å². The maximum atomic E-state index is 8.88. The Morgan fingerprint density at radius 1 is 1.00 bits per heavy atom. The van der Waals surface area contributed by atoms with Crippen LogP contribution in [0, 0.1) is 0 Å². The molecular weight excluding hydrogens is 262 g/mol. The molecule has 2 aromatic rings. The van der Waals surface area contributed by atoms with E-state index < -0.39 is 0 Å². The molecule has 0 saturated carbocycles. The highest BCUT2D eigenvalue weighted by atomic mass is 16.5. The van der Waals surface area contributed by atoms with Gasteiger partial charge in [-0.1, -0.05) is 47.6 Å². The van der Waals surface area contributed by atoms with E-state index in [0.717, 1.165) is 30.6 Å². The molecule has 0 aliphatic rings. The Hall–Kier alpha value is -2.29. The Balaban J connectivity index is 1.79. The van der Waals surface area contributed by atoms with E-state index in [4.69, 9.17) is 9.94 Å². The Kier molecular flexibility index (Phi) is 5.83. The van der Waals surface area contributed by atoms with Crippen molar-refractivity contribution < 1.29 is 9.94 Å². The van der Waals surface area contributed by atoms with Crippen LogP contribution in [-0.2, 0) is 6.42 Å². The fourth-order valence-corrected chi connectivity index (χ4v) is 2.20. The lowest BCUT2D eigenvalue weighted by Gasteiger charge is -2.10. The molecule has 0 aliphatic heterocycles. The molecule has 2 rings (SSSR count). The summed E-state index contributed by atoms with van der Waals surface area (Å²) in [7, 11) is 0. The molecule has 0 bridgehead atoms. The Morgan fingerprint density at radius 2 is 1.71 bits per heavy atom. The van der Waals surface area contributed by atoms with Crippen molar-refractivity contribution in [1.82, 2.24) is 0 Å². The summed E-state index contributed by atoms with van der Waals surface area (Å²) in [5, 5.41) is 12.1. The molecule has 110 valence electrons. The molecule has 0 atom stereocenters. The van der Waals surface area contributed by atoms with Crippen LogP contribution >= 0.6 is 0 Å². The number of benzene rings is 2. The minimum absolute atomic E-state index is 0.565. The monoisotopic (exact) mass is 283 g/mol. The lowest BCUT2D eigenvalue weighted by Crippen LogP contribution is -2.04. The van der Waals surface area contributed by atoms with Gasteiger partial charge in [-0.3, -0.25) is 0 Å². The highest BCUT2D eigenvalue weighted by Crippen LogP contribution is 2.19. The third-order valence-electron chi connectivity index (χ3n) is 3.39. The van der Waals surface area contributed by atoms with Gasteiger partial charge < -0.3 is 9.94 Å². The minimum Gasteiger partial charge on any atom is -0.493 e. The van der Waals surface area contributed by atoms with Crippen LogP contribution < -0.4 is 4.74 Å². The van der Waals surface area contributed by atoms with E-state index in [1.54, 1.807) is 6.92 Å². The summed E-state index contributed by atoms with van der Waals surface area (Å²) in [4.78, 5) is 0. The van der Waals surface area contributed by atoms with Gasteiger partial charge in [-0.2, -0.15) is 0 Å². The van der Waals surface area contributed by atoms with Gasteiger partial charge in [0.1, 0.15) is 5.75 Å². The summed E-state index contributed by atoms with van der Waals surface area (Å²) < 4.78 is 5.81. The molecule has 3 nitrogen and oxygen atoms in total. The smallest absolute Gasteiger partial charge is 0.128 e. The maximum absolute atomic E-state index is 8.88. The van der Waals surface area contributed by atoms with Crippen molar-refractivity contribution in [3.05, 3.63) is 65.7 Å². The summed E-state index contributed by atoms with van der Waals surface area (Å²) in [5.74, 6) is 0.771. The van der Waals surface area contributed by atoms with Gasteiger partial charge >= 0.3 is 0 Å². The first-order chi connectivity index (χ1) is 10.3. The van der Waals surface area contributed by atoms with Gasteiger partial charge in [0.25, 0.3) is 0 Å². The quantitative estimate of drug-likeness (QED) is 0.356. The number of para-hydroxylation sites is 1. The average molecular weight is 283 g/mol. The molecule has 0 unspecified atom stereocenters. The van der Waals surface area contributed by atoms with E-state index >= 15 is 0 Å². The molecule has 0 saturated heterocycles. The maximum Gasteiger partial charge on any atom is 0.128 e. The first kappa shape index (κ1) is 15.1. The Bertz CT molecular complexity index is 579. The predicted octanol–water partition coefficient (Wildman–Crippen LogP) is 4.29. The second-order valence-corrected chi connectivity index (χ2v) is 4.97. The van der Waals surface area contributed by atoms with Crippen LogP contribution in [0.25, 0.3) is 0 Å². The second kappa shape index (κ2) is 8.10. The van der Waals surface area contributed by atoms with Crippen LogP contribution in [0.5, 0.6) is 5.75 Å². The number of nitrogens with zero attached hydrogens (tertiary/aromatic N) is 1. The summed E-state index contributed by atoms with van der Waals surface area (Å²) in [5.41, 5.74) is 2.76. The number of unbranched alkanes of at least 4 members (excludes halogenated alkanes) is 1. The van der Waals surface area contributed by atoms with Crippen molar-refractivity contribution in [3.63, 3.8) is 0 Å². The zero-order valence-electron chi connectivity index (χ0n) is 12.3. The van der Waals surface area contributed by atoms with Crippen molar-refractivity contribution in [2.75, 3.05) is 6.61 Å². The van der Waals surface area contributed by atoms with Gasteiger partial charge in [0.2, 0.25) is 0 Å². The van der Waals surface area contributed by atoms with E-state index in [1.807, 2.05) is 30.3 Å². The summed E-state index contributed by atoms with van der Waals surface area (Å²) in [6.07, 6.45) is 3.17. The SMILES string of the molecule is C/C(=N/O)c1ccccc1OCCCCc1ccccc1. The van der Waals surface area contributed by atoms with Crippen LogP contribution in [0.3, 0.4) is 0 Å². The standard InChI is InChI=1S/C18H21NO2/c1-15(19-20)17-12-5-6-13-18(17)21-14-8-7-11-16-9-3-2-4-10-16/h2-6,9-10,12-13,20H,7-8,11,14H2,1H3/b19-15-. The van der Waals surface area contributed by atoms with E-state index in [0.29, 0.717) is 12.3 Å². The Morgan fingerprint density at radius 3 is 2.48 bits per heavy atom. The number of hydrogen-bond acceptors (Lipinski definition) is 3. The summed E-state index contributed by atoms with van der Waals surface area (Å²) in [6, 6.07) is 18.1. The zero-order chi connectivity index (χ0) is 14.9. The van der Waals surface area contributed by atoms with Crippen molar-refractivity contribution in [3.8, 4) is 5.75 Å². The Labute approximate surface area is 125 Å². The van der Waals surface area contributed by atoms with Crippen LogP contribution in [0.1, 0.15) is 30.9 Å². The van der Waals surface area contributed by atoms with Crippen LogP contribution in [0.2, 0.25) is 0 Å². The molecular formula is C18H21NO2. The highest BCUT2D eigenvalue weighted by Gasteiger charge is 2.06. The van der Waals surface area contributed by atoms with Crippen molar-refractivity contribution in [2.24, 2.45) is 5.16 Å². The van der Waals surface area contributed by atoms with Crippen LogP contribution in [-0.4, -0.2) is 17.5 Å². The minimum atomic E-state index is 0.565. The van der Waals surface area contributed by atoms with E-state index in [9.17, 15) is 0 Å². The molecule has 0 spiro atoms. The van der Waals surface area contributed by atoms with Gasteiger partial charge in [-0.25, -0.2) is 0 Å². The normalized spacial score (nSPS) is 11.4. The number of aryl methyl sites for hydroxylation is 1. The molecule has 0 amide bonds. The average Bonchev–Trinajstić information content (AvgIpc) is 2.55. The number of oxime groups is 1. The summed E-state index contributed by atoms with van der Waals surface area (Å²) >= 11 is 0. The van der Waals surface area contributed by atoms with Crippen molar-refractivity contribution in [1.29, 1.82) is 0 Å². The molecule has 0 heterocycles. The summed E-state index contributed by atoms with van der Waals surface area (Å²) in [6.45, 7) is 2.43. The zero-order valence-corrected chi connectivity index (χ0v) is 12.3. The lowest BCUT2D eigenvalue weighted by atomic mass is 10.1. The van der Waals surface area contributed by atoms with Gasteiger partial charge in [-0.05, 0) is 43.9 Å². The van der Waals surface area contributed by atoms with Gasteiger partial charge in [0, 0.05) is 5.56 Å². The number of rotatable bonds is 7. The molecule has 0 radical (unpaired) electrons. The lowest BCUT2D eigenvalue weighted by molar-refractivity contribution is 0.304. The van der Waals surface area contributed by atoms with Crippen LogP contribution in [0.4, 0.5) is 0 Å². The largest absolute Gasteiger partial charge is 0.493 e. The van der Waals surface area contributed by atoms with E-state index in [2.05, 4.69) is 29.4 Å². The molecule has 21 heavy (non-hydrogen) atoms. The third-order valence-corrected chi connectivity index (χ3v) is 3.39. The first-order valence-corrected chi connectivity index (χ1v) is 7.26. The predicted molar refractivity (Wildman–Crippen MR) is 85.3 cm³/mol. The third kappa shape index (κ3) is 4.63. The number of hydrogen-bond donors (Lipinski definition) is 1. The second-order valence-electron chi connectivity index (χ2n) is 4.97. The van der Waals surface area contributed by atoms with Gasteiger partial charge in [-0.15, -0.1) is 0 Å². The molecule has 2 aromatic carbocycles. The number of ether oxygens (including phenoxy) is 1. The highest BCUT2D eigenvalue weighted by molar-refractivity contribution is 6.00. The van der Waals surface area contributed by atoms with Crippen molar-refractivity contribution in [2.45, 2.75) is 26.2 Å². The molecule has 0 fully saturated rings. The first-order valence-electron chi connectivity index (χ1n) is 7.26. The van der Waals surface area contributed by atoms with Gasteiger partial charge in [0.05, 0.1) is 12.3 Å². The van der Waals surface area contributed by atoms with E-state index in [-0.39, 0.29) is 0 Å². The molecule has 0 aliphatic carbocycles. The molecule has 1 N–H and O–H groups in total. The fraction of sp³-hybridized carbons (Fsp3) is 0.278. The van der Waals surface area contributed by atoms with Crippen LogP contribution in [0.15, 0.2) is 59.8 Å². The topological polar surface area (TPSA) is 41.8 Å². The fourth-order valence-electron chi connectivity index (χ4n) is 2.20.